The number of aliphatic hydroxyl groups excluding tert-OH is 1. The molecule has 4 atom stereocenters. The Labute approximate surface area is 206 Å². The molecule has 1 fully saturated rings. The van der Waals surface area contributed by atoms with Gasteiger partial charge >= 0.3 is 18.2 Å². The maximum absolute atomic E-state index is 13.2. The molecule has 0 bridgehead atoms. The number of benzene rings is 1. The van der Waals surface area contributed by atoms with Crippen LogP contribution in [0.15, 0.2) is 24.3 Å². The van der Waals surface area contributed by atoms with E-state index >= 15 is 0 Å². The van der Waals surface area contributed by atoms with Gasteiger partial charge in [0.1, 0.15) is 29.2 Å². The van der Waals surface area contributed by atoms with Gasteiger partial charge in [0.2, 0.25) is 0 Å². The van der Waals surface area contributed by atoms with Crippen LogP contribution in [0.25, 0.3) is 0 Å². The molecule has 1 saturated heterocycles. The second kappa shape index (κ2) is 11.3. The minimum absolute atomic E-state index is 0.232. The van der Waals surface area contributed by atoms with Crippen LogP contribution in [0, 0.1) is 6.92 Å². The van der Waals surface area contributed by atoms with Crippen molar-refractivity contribution in [3.05, 3.63) is 29.8 Å². The fraction of sp³-hybridized carbons (Fsp3) is 0.640. The van der Waals surface area contributed by atoms with E-state index in [0.29, 0.717) is 10.6 Å². The van der Waals surface area contributed by atoms with Gasteiger partial charge in [-0.3, -0.25) is 0 Å². The van der Waals surface area contributed by atoms with Crippen LogP contribution in [0.4, 0.5) is 9.59 Å². The van der Waals surface area contributed by atoms with Gasteiger partial charge in [0.15, 0.2) is 12.1 Å². The van der Waals surface area contributed by atoms with Crippen LogP contribution in [0.2, 0.25) is 0 Å². The molecule has 1 aliphatic heterocycles. The number of hydrogen-bond donors (Lipinski definition) is 1. The number of cyclic esters (lactones) is 1. The first kappa shape index (κ1) is 28.4. The zero-order valence-electron chi connectivity index (χ0n) is 21.7. The van der Waals surface area contributed by atoms with Gasteiger partial charge in [-0.05, 0) is 67.5 Å². The quantitative estimate of drug-likeness (QED) is 0.495. The average molecular weight is 496 g/mol. The molecule has 1 heterocycles. The summed E-state index contributed by atoms with van der Waals surface area (Å²) in [6, 6.07) is 5.66. The van der Waals surface area contributed by atoms with Gasteiger partial charge in [-0.25, -0.2) is 14.4 Å². The molecule has 10 nitrogen and oxygen atoms in total. The number of ether oxygens (including phenoxy) is 5. The summed E-state index contributed by atoms with van der Waals surface area (Å²) in [7, 11) is 0. The van der Waals surface area contributed by atoms with Crippen LogP contribution < -0.4 is 4.74 Å². The Morgan fingerprint density at radius 2 is 1.49 bits per heavy atom. The zero-order valence-corrected chi connectivity index (χ0v) is 21.7. The van der Waals surface area contributed by atoms with Crippen LogP contribution in [-0.2, 0) is 23.7 Å². The van der Waals surface area contributed by atoms with E-state index in [1.807, 2.05) is 19.1 Å². The summed E-state index contributed by atoms with van der Waals surface area (Å²) < 4.78 is 27.7. The Balaban J connectivity index is 2.32. The maximum Gasteiger partial charge on any atom is 0.420 e. The summed E-state index contributed by atoms with van der Waals surface area (Å²) in [4.78, 5) is 39.6. The number of carbonyl (C=O) groups is 3. The predicted molar refractivity (Wildman–Crippen MR) is 126 cm³/mol. The summed E-state index contributed by atoms with van der Waals surface area (Å²) in [5.41, 5.74) is -0.865. The number of esters is 1. The standard InChI is InChI=1S/C25H37NO9/c1-15-9-11-17(12-10-15)33-20-16(2)32-21(28)18(13-31-14-19(20)27)26(22(29)34-24(3,4)5)23(30)35-25(6,7)8/h9-12,16,18-20,27H,13-14H2,1-8H3. The zero-order chi connectivity index (χ0) is 26.6. The predicted octanol–water partition coefficient (Wildman–Crippen LogP) is 3.61. The summed E-state index contributed by atoms with van der Waals surface area (Å²) in [5, 5.41) is 10.7. The molecule has 0 radical (unpaired) electrons. The highest BCUT2D eigenvalue weighted by Gasteiger charge is 2.44. The van der Waals surface area contributed by atoms with Crippen molar-refractivity contribution in [3.63, 3.8) is 0 Å². The summed E-state index contributed by atoms with van der Waals surface area (Å²) >= 11 is 0. The largest absolute Gasteiger partial charge is 0.484 e. The van der Waals surface area contributed by atoms with E-state index in [-0.39, 0.29) is 6.61 Å². The van der Waals surface area contributed by atoms with Crippen LogP contribution >= 0.6 is 0 Å². The van der Waals surface area contributed by atoms with Crippen molar-refractivity contribution in [2.45, 2.75) is 90.9 Å². The SMILES string of the molecule is Cc1ccc(OC2C(O)COCC(N(C(=O)OC(C)(C)C)C(=O)OC(C)(C)C)C(=O)OC2C)cc1. The third-order valence-electron chi connectivity index (χ3n) is 4.77. The van der Waals surface area contributed by atoms with Crippen molar-refractivity contribution in [3.8, 4) is 5.75 Å². The van der Waals surface area contributed by atoms with Crippen LogP contribution in [0.3, 0.4) is 0 Å². The van der Waals surface area contributed by atoms with E-state index in [1.165, 1.54) is 0 Å². The molecular weight excluding hydrogens is 458 g/mol. The number of rotatable bonds is 3. The van der Waals surface area contributed by atoms with Gasteiger partial charge < -0.3 is 28.8 Å². The van der Waals surface area contributed by atoms with Crippen molar-refractivity contribution in [2.75, 3.05) is 13.2 Å². The Morgan fingerprint density at radius 3 is 1.97 bits per heavy atom. The highest BCUT2D eigenvalue weighted by atomic mass is 16.6. The molecule has 0 aromatic heterocycles. The molecule has 35 heavy (non-hydrogen) atoms. The lowest BCUT2D eigenvalue weighted by Gasteiger charge is -2.32. The number of amides is 2. The number of aliphatic hydroxyl groups is 1. The van der Waals surface area contributed by atoms with E-state index in [2.05, 4.69) is 0 Å². The van der Waals surface area contributed by atoms with E-state index in [9.17, 15) is 19.5 Å². The van der Waals surface area contributed by atoms with Gasteiger partial charge in [0.25, 0.3) is 0 Å². The molecule has 1 aliphatic rings. The number of aryl methyl sites for hydroxylation is 1. The smallest absolute Gasteiger partial charge is 0.420 e. The topological polar surface area (TPSA) is 121 Å². The van der Waals surface area contributed by atoms with Crippen molar-refractivity contribution in [2.24, 2.45) is 0 Å². The molecule has 2 amide bonds. The minimum atomic E-state index is -1.51. The number of carbonyl (C=O) groups excluding carboxylic acids is 3. The molecule has 1 N–H and O–H groups in total. The fourth-order valence-corrected chi connectivity index (χ4v) is 3.18. The van der Waals surface area contributed by atoms with Gasteiger partial charge in [0.05, 0.1) is 13.2 Å². The third-order valence-corrected chi connectivity index (χ3v) is 4.77. The molecule has 10 heteroatoms. The van der Waals surface area contributed by atoms with E-state index < -0.39 is 60.3 Å². The molecule has 1 aromatic rings. The average Bonchev–Trinajstić information content (AvgIpc) is 2.73. The fourth-order valence-electron chi connectivity index (χ4n) is 3.18. The lowest BCUT2D eigenvalue weighted by Crippen LogP contribution is -2.54. The Morgan fingerprint density at radius 1 is 0.971 bits per heavy atom. The van der Waals surface area contributed by atoms with Crippen molar-refractivity contribution in [1.82, 2.24) is 4.90 Å². The van der Waals surface area contributed by atoms with Gasteiger partial charge in [0, 0.05) is 0 Å². The molecule has 0 spiro atoms. The monoisotopic (exact) mass is 495 g/mol. The number of nitrogens with zero attached hydrogens (tertiary/aromatic N) is 1. The molecule has 2 rings (SSSR count). The second-order valence-electron chi connectivity index (χ2n) is 10.5. The summed E-state index contributed by atoms with van der Waals surface area (Å²) in [6.45, 7) is 12.6. The van der Waals surface area contributed by atoms with Crippen molar-refractivity contribution >= 4 is 18.2 Å². The lowest BCUT2D eigenvalue weighted by atomic mass is 10.1. The first-order valence-electron chi connectivity index (χ1n) is 11.5. The first-order valence-corrected chi connectivity index (χ1v) is 11.5. The number of hydrogen-bond acceptors (Lipinski definition) is 9. The van der Waals surface area contributed by atoms with E-state index in [1.54, 1.807) is 60.6 Å². The Kier molecular flexibility index (Phi) is 9.13. The maximum atomic E-state index is 13.2. The highest BCUT2D eigenvalue weighted by molar-refractivity contribution is 5.94. The first-order chi connectivity index (χ1) is 16.1. The van der Waals surface area contributed by atoms with Crippen LogP contribution in [0.5, 0.6) is 5.75 Å². The number of imide groups is 1. The second-order valence-corrected chi connectivity index (χ2v) is 10.5. The summed E-state index contributed by atoms with van der Waals surface area (Å²) in [5.74, 6) is -0.455. The molecule has 0 saturated carbocycles. The third kappa shape index (κ3) is 8.70. The molecular formula is C25H37NO9. The molecule has 0 aliphatic carbocycles. The normalized spacial score (nSPS) is 23.7. The van der Waals surface area contributed by atoms with Gasteiger partial charge in [-0.1, -0.05) is 17.7 Å². The van der Waals surface area contributed by atoms with Gasteiger partial charge in [-0.15, -0.1) is 0 Å². The molecule has 196 valence electrons. The summed E-state index contributed by atoms with van der Waals surface area (Å²) in [6.07, 6.45) is -5.23. The van der Waals surface area contributed by atoms with E-state index in [0.717, 1.165) is 5.56 Å². The molecule has 1 aromatic carbocycles. The van der Waals surface area contributed by atoms with Crippen molar-refractivity contribution in [1.29, 1.82) is 0 Å². The van der Waals surface area contributed by atoms with Gasteiger partial charge in [-0.2, -0.15) is 4.90 Å². The van der Waals surface area contributed by atoms with Crippen molar-refractivity contribution < 1.29 is 43.2 Å². The molecule has 4 unspecified atom stereocenters. The van der Waals surface area contributed by atoms with E-state index in [4.69, 9.17) is 23.7 Å². The lowest BCUT2D eigenvalue weighted by molar-refractivity contribution is -0.160. The van der Waals surface area contributed by atoms with Crippen LogP contribution in [-0.4, -0.2) is 76.9 Å². The van der Waals surface area contributed by atoms with Crippen LogP contribution in [0.1, 0.15) is 54.0 Å². The highest BCUT2D eigenvalue weighted by Crippen LogP contribution is 2.22. The minimum Gasteiger partial charge on any atom is -0.484 e. The Hall–Kier alpha value is -2.85. The Bertz CT molecular complexity index is 858.